The van der Waals surface area contributed by atoms with Crippen molar-refractivity contribution in [3.63, 3.8) is 0 Å². The molecule has 0 spiro atoms. The summed E-state index contributed by atoms with van der Waals surface area (Å²) in [4.78, 5) is 45.6. The topological polar surface area (TPSA) is 150 Å². The van der Waals surface area contributed by atoms with Crippen molar-refractivity contribution in [1.29, 1.82) is 0 Å². The van der Waals surface area contributed by atoms with Crippen molar-refractivity contribution in [2.24, 2.45) is 5.73 Å². The number of rotatable bonds is 5. The second kappa shape index (κ2) is 8.43. The number of nitrogens with one attached hydrogen (secondary N) is 1. The van der Waals surface area contributed by atoms with Gasteiger partial charge in [-0.2, -0.15) is 0 Å². The summed E-state index contributed by atoms with van der Waals surface area (Å²) in [5.41, 5.74) is 4.90. The van der Waals surface area contributed by atoms with Crippen molar-refractivity contribution >= 4 is 23.8 Å². The first kappa shape index (κ1) is 21.1. The summed E-state index contributed by atoms with van der Waals surface area (Å²) >= 11 is 0. The first-order valence-electron chi connectivity index (χ1n) is 7.01. The molecule has 2 rings (SSSR count). The molecule has 26 heavy (non-hydrogen) atoms. The van der Waals surface area contributed by atoms with Gasteiger partial charge in [-0.05, 0) is 35.4 Å². The van der Waals surface area contributed by atoms with E-state index in [1.165, 1.54) is 37.4 Å². The van der Waals surface area contributed by atoms with Crippen molar-refractivity contribution in [1.82, 2.24) is 5.32 Å². The average Bonchev–Trinajstić information content (AvgIpc) is 2.59. The van der Waals surface area contributed by atoms with Gasteiger partial charge in [0.25, 0.3) is 5.91 Å². The minimum atomic E-state index is -1.59. The maximum absolute atomic E-state index is 11.7. The largest absolute Gasteiger partial charge is 0.545 e. The van der Waals surface area contributed by atoms with Crippen LogP contribution in [0.15, 0.2) is 36.4 Å². The third kappa shape index (κ3) is 4.17. The Morgan fingerprint density at radius 2 is 1.42 bits per heavy atom. The van der Waals surface area contributed by atoms with Crippen LogP contribution >= 0.6 is 0 Å². The van der Waals surface area contributed by atoms with Gasteiger partial charge >= 0.3 is 5.97 Å². The van der Waals surface area contributed by atoms with Crippen molar-refractivity contribution in [3.8, 4) is 11.1 Å². The maximum atomic E-state index is 11.7. The zero-order chi connectivity index (χ0) is 18.7. The standard InChI is InChI=1S/C17H14N2O6.Ag/c1-19-15(21)11-5-3-9(7-13(11)17(24)25)8-2-4-10(14(18)20)12(6-8)16(22)23;/h2-7H,1H3,(H2,18,20)(H,19,21)(H,22,23)(H,24,25);/p-1. The zero-order valence-electron chi connectivity index (χ0n) is 13.3. The van der Waals surface area contributed by atoms with Gasteiger partial charge in [-0.1, -0.05) is 12.1 Å². The Morgan fingerprint density at radius 3 is 1.85 bits per heavy atom. The van der Waals surface area contributed by atoms with Crippen LogP contribution in [0.1, 0.15) is 41.4 Å². The summed E-state index contributed by atoms with van der Waals surface area (Å²) in [6.07, 6.45) is 0. The van der Waals surface area contributed by atoms with E-state index in [2.05, 4.69) is 5.32 Å². The van der Waals surface area contributed by atoms with Crippen molar-refractivity contribution in [3.05, 3.63) is 58.7 Å². The van der Waals surface area contributed by atoms with Crippen LogP contribution in [0, 0.1) is 0 Å². The average molecular weight is 449 g/mol. The van der Waals surface area contributed by atoms with Gasteiger partial charge in [-0.25, -0.2) is 4.79 Å². The van der Waals surface area contributed by atoms with Crippen LogP contribution in [-0.2, 0) is 22.4 Å². The van der Waals surface area contributed by atoms with Gasteiger partial charge in [0.2, 0.25) is 5.91 Å². The minimum Gasteiger partial charge on any atom is -0.545 e. The molecule has 8 nitrogen and oxygen atoms in total. The Bertz CT molecular complexity index is 910. The molecule has 0 atom stereocenters. The van der Waals surface area contributed by atoms with Crippen molar-refractivity contribution in [2.75, 3.05) is 7.05 Å². The van der Waals surface area contributed by atoms with Crippen LogP contribution < -0.4 is 16.2 Å². The molecule has 9 heteroatoms. The molecule has 0 bridgehead atoms. The summed E-state index contributed by atoms with van der Waals surface area (Å²) < 4.78 is 0. The predicted octanol–water partition coefficient (Wildman–Crippen LogP) is -0.129. The number of carbonyl (C=O) groups is 4. The summed E-state index contributed by atoms with van der Waals surface area (Å²) in [6.45, 7) is 0. The van der Waals surface area contributed by atoms with Gasteiger partial charge < -0.3 is 26.1 Å². The van der Waals surface area contributed by atoms with Crippen molar-refractivity contribution in [2.45, 2.75) is 0 Å². The molecule has 0 heterocycles. The van der Waals surface area contributed by atoms with E-state index in [9.17, 15) is 29.4 Å². The van der Waals surface area contributed by atoms with Gasteiger partial charge in [0.15, 0.2) is 0 Å². The van der Waals surface area contributed by atoms with Crippen LogP contribution in [0.4, 0.5) is 0 Å². The minimum absolute atomic E-state index is 0. The van der Waals surface area contributed by atoms with Crippen LogP contribution in [0.25, 0.3) is 11.1 Å². The second-order valence-corrected chi connectivity index (χ2v) is 5.06. The Balaban J connectivity index is 0.00000338. The van der Waals surface area contributed by atoms with Crippen molar-refractivity contribution < 1.29 is 51.8 Å². The van der Waals surface area contributed by atoms with E-state index in [1.807, 2.05) is 0 Å². The smallest absolute Gasteiger partial charge is 0.336 e. The van der Waals surface area contributed by atoms with E-state index < -0.39 is 29.3 Å². The Kier molecular flexibility index (Phi) is 6.85. The molecule has 0 unspecified atom stereocenters. The summed E-state index contributed by atoms with van der Waals surface area (Å²) in [5.74, 6) is -4.39. The number of carbonyl (C=O) groups excluding carboxylic acids is 3. The number of aromatic carboxylic acids is 2. The third-order valence-corrected chi connectivity index (χ3v) is 3.56. The number of carboxylic acids is 2. The first-order valence-corrected chi connectivity index (χ1v) is 7.01. The van der Waals surface area contributed by atoms with Crippen LogP contribution in [-0.4, -0.2) is 35.9 Å². The molecule has 2 aromatic rings. The van der Waals surface area contributed by atoms with E-state index in [1.54, 1.807) is 0 Å². The van der Waals surface area contributed by atoms with Crippen LogP contribution in [0.5, 0.6) is 0 Å². The Hall–Kier alpha value is -2.94. The number of hydrogen-bond acceptors (Lipinski definition) is 5. The molecule has 0 aromatic heterocycles. The van der Waals surface area contributed by atoms with Gasteiger partial charge in [0.05, 0.1) is 17.1 Å². The monoisotopic (exact) mass is 448 g/mol. The molecule has 139 valence electrons. The molecule has 0 aliphatic rings. The fraction of sp³-hybridized carbons (Fsp3) is 0.0588. The summed E-state index contributed by atoms with van der Waals surface area (Å²) in [6, 6.07) is 7.83. The van der Waals surface area contributed by atoms with Gasteiger partial charge in [0.1, 0.15) is 0 Å². The zero-order valence-corrected chi connectivity index (χ0v) is 14.8. The second-order valence-electron chi connectivity index (χ2n) is 5.06. The molecule has 0 aliphatic heterocycles. The molecule has 2 amide bonds. The number of amides is 2. The molecule has 4 N–H and O–H groups in total. The first-order chi connectivity index (χ1) is 11.8. The number of carboxylic acid groups (broad SMARTS) is 2. The summed E-state index contributed by atoms with van der Waals surface area (Å²) in [5, 5.41) is 22.8. The number of benzene rings is 2. The summed E-state index contributed by atoms with van der Waals surface area (Å²) in [7, 11) is 1.37. The predicted molar refractivity (Wildman–Crippen MR) is 85.1 cm³/mol. The molecule has 0 aliphatic carbocycles. The number of hydrogen-bond donors (Lipinski definition) is 3. The number of nitrogens with two attached hydrogens (primary N) is 1. The molecule has 1 radical (unpaired) electrons. The van der Waals surface area contributed by atoms with Gasteiger partial charge in [-0.15, -0.1) is 0 Å². The number of primary amides is 1. The van der Waals surface area contributed by atoms with Crippen LogP contribution in [0.3, 0.4) is 0 Å². The van der Waals surface area contributed by atoms with E-state index in [0.29, 0.717) is 11.1 Å². The van der Waals surface area contributed by atoms with E-state index in [4.69, 9.17) is 5.73 Å². The van der Waals surface area contributed by atoms with Crippen LogP contribution in [0.2, 0.25) is 0 Å². The molecule has 2 aromatic carbocycles. The third-order valence-electron chi connectivity index (χ3n) is 3.56. The molecular formula is C17H13AgN2O6-. The molecular weight excluding hydrogens is 436 g/mol. The SMILES string of the molecule is CNC(=O)c1ccc(-c2ccc(C(N)=O)c(C(=O)[O-])c2)cc1C(=O)O.[Ag]. The fourth-order valence-electron chi connectivity index (χ4n) is 2.34. The normalized spacial score (nSPS) is 9.73. The van der Waals surface area contributed by atoms with E-state index >= 15 is 0 Å². The fourth-order valence-corrected chi connectivity index (χ4v) is 2.34. The Morgan fingerprint density at radius 1 is 0.923 bits per heavy atom. The van der Waals surface area contributed by atoms with E-state index in [0.717, 1.165) is 6.07 Å². The molecule has 0 fully saturated rings. The molecule has 0 saturated heterocycles. The van der Waals surface area contributed by atoms with Gasteiger partial charge in [-0.3, -0.25) is 9.59 Å². The molecule has 0 saturated carbocycles. The maximum Gasteiger partial charge on any atom is 0.336 e. The van der Waals surface area contributed by atoms with Gasteiger partial charge in [0, 0.05) is 40.6 Å². The quantitative estimate of drug-likeness (QED) is 0.542. The van der Waals surface area contributed by atoms with E-state index in [-0.39, 0.29) is 39.1 Å². The Labute approximate surface area is 163 Å².